The third-order valence-corrected chi connectivity index (χ3v) is 2.35. The summed E-state index contributed by atoms with van der Waals surface area (Å²) < 4.78 is 10.7. The molecule has 0 atom stereocenters. The van der Waals surface area contributed by atoms with Crippen LogP contribution in [0.15, 0.2) is 18.2 Å². The van der Waals surface area contributed by atoms with Crippen molar-refractivity contribution in [2.75, 3.05) is 19.6 Å². The molecule has 1 rings (SSSR count). The molecular weight excluding hydrogens is 228 g/mol. The topological polar surface area (TPSA) is 35.5 Å². The number of methoxy groups -OCH3 is 1. The number of benzene rings is 1. The minimum Gasteiger partial charge on any atom is -0.493 e. The second kappa shape index (κ2) is 7.12. The van der Waals surface area contributed by atoms with Gasteiger partial charge in [0.2, 0.25) is 0 Å². The van der Waals surface area contributed by atoms with E-state index in [9.17, 15) is 4.79 Å². The molecule has 1 aromatic rings. The van der Waals surface area contributed by atoms with Gasteiger partial charge in [0.15, 0.2) is 11.5 Å². The van der Waals surface area contributed by atoms with E-state index in [2.05, 4.69) is 0 Å². The van der Waals surface area contributed by atoms with Gasteiger partial charge in [0, 0.05) is 12.3 Å². The van der Waals surface area contributed by atoms with Gasteiger partial charge in [0.1, 0.15) is 6.29 Å². The molecule has 0 radical (unpaired) electrons. The number of halogens is 1. The molecule has 0 aromatic heterocycles. The first kappa shape index (κ1) is 12.8. The van der Waals surface area contributed by atoms with E-state index in [-0.39, 0.29) is 0 Å². The van der Waals surface area contributed by atoms with Crippen LogP contribution >= 0.6 is 11.6 Å². The van der Waals surface area contributed by atoms with Crippen LogP contribution in [0.1, 0.15) is 12.0 Å². The summed E-state index contributed by atoms with van der Waals surface area (Å²) in [5.41, 5.74) is 0.913. The summed E-state index contributed by atoms with van der Waals surface area (Å²) in [6, 6.07) is 5.48. The molecule has 0 saturated carbocycles. The molecule has 0 saturated heterocycles. The van der Waals surface area contributed by atoms with Gasteiger partial charge < -0.3 is 14.3 Å². The van der Waals surface area contributed by atoms with Crippen LogP contribution in [-0.2, 0) is 11.2 Å². The SMILES string of the molecule is COc1cc(CC=O)ccc1OCCCCl. The molecule has 0 amide bonds. The Kier molecular flexibility index (Phi) is 5.72. The average Bonchev–Trinajstić information content (AvgIpc) is 2.31. The predicted octanol–water partition coefficient (Wildman–Crippen LogP) is 2.44. The van der Waals surface area contributed by atoms with Gasteiger partial charge in [-0.25, -0.2) is 0 Å². The van der Waals surface area contributed by atoms with Crippen molar-refractivity contribution in [1.29, 1.82) is 0 Å². The van der Waals surface area contributed by atoms with Crippen LogP contribution in [0.2, 0.25) is 0 Å². The Morgan fingerprint density at radius 2 is 2.19 bits per heavy atom. The second-order valence-electron chi connectivity index (χ2n) is 3.25. The van der Waals surface area contributed by atoms with Crippen molar-refractivity contribution in [3.05, 3.63) is 23.8 Å². The Morgan fingerprint density at radius 3 is 2.81 bits per heavy atom. The van der Waals surface area contributed by atoms with Crippen molar-refractivity contribution in [1.82, 2.24) is 0 Å². The third kappa shape index (κ3) is 3.74. The smallest absolute Gasteiger partial charge is 0.161 e. The Labute approximate surface area is 100 Å². The van der Waals surface area contributed by atoms with Crippen molar-refractivity contribution in [2.24, 2.45) is 0 Å². The van der Waals surface area contributed by atoms with Gasteiger partial charge in [-0.15, -0.1) is 11.6 Å². The van der Waals surface area contributed by atoms with E-state index in [0.717, 1.165) is 18.3 Å². The van der Waals surface area contributed by atoms with E-state index in [1.54, 1.807) is 7.11 Å². The summed E-state index contributed by atoms with van der Waals surface area (Å²) in [6.07, 6.45) is 2.04. The first-order chi connectivity index (χ1) is 7.81. The highest BCUT2D eigenvalue weighted by molar-refractivity contribution is 6.17. The molecule has 4 heteroatoms. The molecule has 88 valence electrons. The highest BCUT2D eigenvalue weighted by Gasteiger charge is 2.05. The van der Waals surface area contributed by atoms with Crippen LogP contribution in [0.25, 0.3) is 0 Å². The van der Waals surface area contributed by atoms with Gasteiger partial charge in [-0.1, -0.05) is 6.07 Å². The van der Waals surface area contributed by atoms with Crippen LogP contribution in [-0.4, -0.2) is 25.9 Å². The second-order valence-corrected chi connectivity index (χ2v) is 3.62. The van der Waals surface area contributed by atoms with Crippen molar-refractivity contribution in [2.45, 2.75) is 12.8 Å². The molecule has 0 aliphatic heterocycles. The molecular formula is C12H15ClO3. The molecule has 0 heterocycles. The number of ether oxygens (including phenoxy) is 2. The lowest BCUT2D eigenvalue weighted by molar-refractivity contribution is -0.107. The first-order valence-corrected chi connectivity index (χ1v) is 5.64. The number of hydrogen-bond acceptors (Lipinski definition) is 3. The fourth-order valence-corrected chi connectivity index (χ4v) is 1.40. The highest BCUT2D eigenvalue weighted by atomic mass is 35.5. The zero-order valence-electron chi connectivity index (χ0n) is 9.24. The van der Waals surface area contributed by atoms with Crippen LogP contribution in [0.3, 0.4) is 0 Å². The maximum absolute atomic E-state index is 10.4. The van der Waals surface area contributed by atoms with Crippen LogP contribution in [0.4, 0.5) is 0 Å². The van der Waals surface area contributed by atoms with Gasteiger partial charge in [0.05, 0.1) is 13.7 Å². The predicted molar refractivity (Wildman–Crippen MR) is 63.6 cm³/mol. The number of hydrogen-bond donors (Lipinski definition) is 0. The summed E-state index contributed by atoms with van der Waals surface area (Å²) in [7, 11) is 1.58. The van der Waals surface area contributed by atoms with Crippen LogP contribution in [0.5, 0.6) is 11.5 Å². The highest BCUT2D eigenvalue weighted by Crippen LogP contribution is 2.28. The number of carbonyl (C=O) groups is 1. The maximum Gasteiger partial charge on any atom is 0.161 e. The summed E-state index contributed by atoms with van der Waals surface area (Å²) in [6.45, 7) is 0.562. The lowest BCUT2D eigenvalue weighted by Crippen LogP contribution is -2.00. The van der Waals surface area contributed by atoms with Gasteiger partial charge >= 0.3 is 0 Å². The number of alkyl halides is 1. The quantitative estimate of drug-likeness (QED) is 0.419. The zero-order chi connectivity index (χ0) is 11.8. The van der Waals surface area contributed by atoms with Crippen LogP contribution in [0, 0.1) is 0 Å². The summed E-state index contributed by atoms with van der Waals surface area (Å²) >= 11 is 5.56. The largest absolute Gasteiger partial charge is 0.493 e. The number of aldehydes is 1. The molecule has 16 heavy (non-hydrogen) atoms. The van der Waals surface area contributed by atoms with Crippen molar-refractivity contribution < 1.29 is 14.3 Å². The summed E-state index contributed by atoms with van der Waals surface area (Å²) in [5.74, 6) is 1.90. The Bertz CT molecular complexity index is 339. The molecule has 3 nitrogen and oxygen atoms in total. The monoisotopic (exact) mass is 242 g/mol. The molecule has 1 aromatic carbocycles. The minimum absolute atomic E-state index is 0.387. The third-order valence-electron chi connectivity index (χ3n) is 2.08. The van der Waals surface area contributed by atoms with E-state index in [0.29, 0.717) is 30.4 Å². The van der Waals surface area contributed by atoms with Gasteiger partial charge in [-0.3, -0.25) is 0 Å². The van der Waals surface area contributed by atoms with Crippen molar-refractivity contribution in [3.8, 4) is 11.5 Å². The fraction of sp³-hybridized carbons (Fsp3) is 0.417. The number of carbonyl (C=O) groups excluding carboxylic acids is 1. The molecule has 0 spiro atoms. The van der Waals surface area contributed by atoms with Gasteiger partial charge in [-0.2, -0.15) is 0 Å². The van der Waals surface area contributed by atoms with Crippen molar-refractivity contribution >= 4 is 17.9 Å². The molecule has 0 N–H and O–H groups in total. The Morgan fingerprint density at radius 1 is 1.38 bits per heavy atom. The van der Waals surface area contributed by atoms with E-state index in [1.165, 1.54) is 0 Å². The van der Waals surface area contributed by atoms with E-state index >= 15 is 0 Å². The molecule has 0 bridgehead atoms. The first-order valence-electron chi connectivity index (χ1n) is 5.11. The van der Waals surface area contributed by atoms with Gasteiger partial charge in [-0.05, 0) is 24.1 Å². The zero-order valence-corrected chi connectivity index (χ0v) is 10.00. The molecule has 0 aliphatic rings. The standard InChI is InChI=1S/C12H15ClO3/c1-15-12-9-10(5-7-14)3-4-11(12)16-8-2-6-13/h3-4,7,9H,2,5-6,8H2,1H3. The maximum atomic E-state index is 10.4. The average molecular weight is 243 g/mol. The van der Waals surface area contributed by atoms with Crippen LogP contribution < -0.4 is 9.47 Å². The lowest BCUT2D eigenvalue weighted by atomic mass is 10.1. The molecule has 0 aliphatic carbocycles. The fourth-order valence-electron chi connectivity index (χ4n) is 1.29. The molecule has 0 fully saturated rings. The van der Waals surface area contributed by atoms with Gasteiger partial charge in [0.25, 0.3) is 0 Å². The summed E-state index contributed by atoms with van der Waals surface area (Å²) in [5, 5.41) is 0. The van der Waals surface area contributed by atoms with E-state index < -0.39 is 0 Å². The Hall–Kier alpha value is -1.22. The minimum atomic E-state index is 0.387. The number of rotatable bonds is 7. The van der Waals surface area contributed by atoms with E-state index in [4.69, 9.17) is 21.1 Å². The van der Waals surface area contributed by atoms with Crippen molar-refractivity contribution in [3.63, 3.8) is 0 Å². The molecule has 0 unspecified atom stereocenters. The normalized spacial score (nSPS) is 9.88. The summed E-state index contributed by atoms with van der Waals surface area (Å²) in [4.78, 5) is 10.4. The van der Waals surface area contributed by atoms with E-state index in [1.807, 2.05) is 18.2 Å². The lowest BCUT2D eigenvalue weighted by Gasteiger charge is -2.11. The Balaban J connectivity index is 2.72.